The normalized spacial score (nSPS) is 11.5. The molecule has 0 bridgehead atoms. The van der Waals surface area contributed by atoms with Crippen molar-refractivity contribution in [2.45, 2.75) is 20.0 Å². The van der Waals surface area contributed by atoms with Gasteiger partial charge in [0.1, 0.15) is 11.6 Å². The Hall–Kier alpha value is -2.41. The number of carbonyl (C=O) groups is 2. The lowest BCUT2D eigenvalue weighted by molar-refractivity contribution is -0.122. The van der Waals surface area contributed by atoms with Crippen LogP contribution >= 0.6 is 15.9 Å². The third-order valence-electron chi connectivity index (χ3n) is 3.22. The maximum Gasteiger partial charge on any atom is 0.338 e. The molecule has 132 valence electrons. The molecular formula is C18H17BrFNO4. The lowest BCUT2D eigenvalue weighted by atomic mass is 10.2. The van der Waals surface area contributed by atoms with Crippen molar-refractivity contribution in [2.75, 3.05) is 11.9 Å². The van der Waals surface area contributed by atoms with Gasteiger partial charge < -0.3 is 14.8 Å². The summed E-state index contributed by atoms with van der Waals surface area (Å²) in [4.78, 5) is 23.9. The Kier molecular flexibility index (Phi) is 6.52. The third kappa shape index (κ3) is 5.29. The molecule has 0 aliphatic heterocycles. The van der Waals surface area contributed by atoms with E-state index in [9.17, 15) is 14.0 Å². The summed E-state index contributed by atoms with van der Waals surface area (Å²) in [5.41, 5.74) is 0.384. The van der Waals surface area contributed by atoms with E-state index in [1.165, 1.54) is 25.1 Å². The van der Waals surface area contributed by atoms with Crippen LogP contribution in [0.4, 0.5) is 10.1 Å². The first-order chi connectivity index (χ1) is 11.9. The number of carbonyl (C=O) groups excluding carboxylic acids is 2. The summed E-state index contributed by atoms with van der Waals surface area (Å²) in [6.07, 6.45) is -0.888. The topological polar surface area (TPSA) is 64.6 Å². The van der Waals surface area contributed by atoms with Crippen LogP contribution in [0.1, 0.15) is 24.2 Å². The molecule has 0 spiro atoms. The number of hydrogen-bond acceptors (Lipinski definition) is 4. The Labute approximate surface area is 153 Å². The number of hydrogen-bond donors (Lipinski definition) is 1. The number of anilines is 1. The monoisotopic (exact) mass is 409 g/mol. The fraction of sp³-hybridized carbons (Fsp3) is 0.222. The average Bonchev–Trinajstić information content (AvgIpc) is 2.57. The van der Waals surface area contributed by atoms with Crippen LogP contribution in [-0.2, 0) is 9.53 Å². The summed E-state index contributed by atoms with van der Waals surface area (Å²) in [7, 11) is 0. The quantitative estimate of drug-likeness (QED) is 0.727. The number of halogens is 2. The highest BCUT2D eigenvalue weighted by Crippen LogP contribution is 2.20. The summed E-state index contributed by atoms with van der Waals surface area (Å²) in [6.45, 7) is 3.51. The van der Waals surface area contributed by atoms with Crippen LogP contribution in [0.3, 0.4) is 0 Å². The molecular weight excluding hydrogens is 393 g/mol. The van der Waals surface area contributed by atoms with Crippen molar-refractivity contribution in [1.82, 2.24) is 0 Å². The van der Waals surface area contributed by atoms with Gasteiger partial charge in [-0.1, -0.05) is 22.0 Å². The summed E-state index contributed by atoms with van der Waals surface area (Å²) >= 11 is 3.15. The number of nitrogens with one attached hydrogen (secondary N) is 1. The fourth-order valence-electron chi connectivity index (χ4n) is 1.99. The molecule has 0 aliphatic rings. The molecule has 2 aromatic carbocycles. The predicted molar refractivity (Wildman–Crippen MR) is 95.2 cm³/mol. The Morgan fingerprint density at radius 2 is 2.00 bits per heavy atom. The van der Waals surface area contributed by atoms with E-state index in [0.717, 1.165) is 0 Å². The minimum atomic E-state index is -0.888. The van der Waals surface area contributed by atoms with Gasteiger partial charge in [0.25, 0.3) is 5.91 Å². The maximum absolute atomic E-state index is 13.8. The molecule has 0 radical (unpaired) electrons. The van der Waals surface area contributed by atoms with Crippen LogP contribution in [-0.4, -0.2) is 24.6 Å². The minimum absolute atomic E-state index is 0.0592. The average molecular weight is 410 g/mol. The molecule has 5 nitrogen and oxygen atoms in total. The van der Waals surface area contributed by atoms with Crippen LogP contribution in [0.2, 0.25) is 0 Å². The molecule has 2 aromatic rings. The van der Waals surface area contributed by atoms with Gasteiger partial charge in [0.05, 0.1) is 17.9 Å². The van der Waals surface area contributed by atoms with Gasteiger partial charge in [-0.3, -0.25) is 4.79 Å². The first kappa shape index (κ1) is 18.9. The summed E-state index contributed by atoms with van der Waals surface area (Å²) in [6, 6.07) is 10.6. The fourth-order valence-corrected chi connectivity index (χ4v) is 2.33. The van der Waals surface area contributed by atoms with E-state index in [4.69, 9.17) is 9.47 Å². The zero-order valence-electron chi connectivity index (χ0n) is 13.7. The SMILES string of the molecule is CCOC(=O)c1cccc(O[C@H](C)C(=O)Nc2ccc(Br)cc2F)c1. The molecule has 25 heavy (non-hydrogen) atoms. The molecule has 0 heterocycles. The Balaban J connectivity index is 2.03. The van der Waals surface area contributed by atoms with E-state index in [1.54, 1.807) is 31.2 Å². The number of amides is 1. The summed E-state index contributed by atoms with van der Waals surface area (Å²) in [5.74, 6) is -1.20. The standard InChI is InChI=1S/C18H17BrFNO4/c1-3-24-18(23)12-5-4-6-14(9-12)25-11(2)17(22)21-16-8-7-13(19)10-15(16)20/h4-11H,3H2,1-2H3,(H,21,22)/t11-/m1/s1. The lowest BCUT2D eigenvalue weighted by Crippen LogP contribution is -2.30. The molecule has 1 amide bonds. The lowest BCUT2D eigenvalue weighted by Gasteiger charge is -2.15. The molecule has 2 rings (SSSR count). The minimum Gasteiger partial charge on any atom is -0.481 e. The van der Waals surface area contributed by atoms with E-state index in [-0.39, 0.29) is 12.3 Å². The number of benzene rings is 2. The molecule has 0 saturated carbocycles. The van der Waals surface area contributed by atoms with E-state index in [2.05, 4.69) is 21.2 Å². The van der Waals surface area contributed by atoms with Gasteiger partial charge in [0.2, 0.25) is 0 Å². The highest BCUT2D eigenvalue weighted by molar-refractivity contribution is 9.10. The van der Waals surface area contributed by atoms with Gasteiger partial charge in [-0.15, -0.1) is 0 Å². The largest absolute Gasteiger partial charge is 0.481 e. The Morgan fingerprint density at radius 3 is 2.68 bits per heavy atom. The van der Waals surface area contributed by atoms with E-state index in [0.29, 0.717) is 15.8 Å². The van der Waals surface area contributed by atoms with Crippen LogP contribution < -0.4 is 10.1 Å². The van der Waals surface area contributed by atoms with Gasteiger partial charge in [-0.05, 0) is 50.2 Å². The van der Waals surface area contributed by atoms with Crippen LogP contribution in [0.15, 0.2) is 46.9 Å². The highest BCUT2D eigenvalue weighted by Gasteiger charge is 2.17. The van der Waals surface area contributed by atoms with Crippen molar-refractivity contribution in [3.8, 4) is 5.75 Å². The molecule has 0 aliphatic carbocycles. The number of esters is 1. The first-order valence-electron chi connectivity index (χ1n) is 7.60. The van der Waals surface area contributed by atoms with Crippen molar-refractivity contribution >= 4 is 33.5 Å². The van der Waals surface area contributed by atoms with E-state index < -0.39 is 23.8 Å². The number of ether oxygens (including phenoxy) is 2. The van der Waals surface area contributed by atoms with Crippen molar-refractivity contribution in [3.05, 3.63) is 58.3 Å². The number of rotatable bonds is 6. The molecule has 0 aromatic heterocycles. The van der Waals surface area contributed by atoms with Crippen molar-refractivity contribution in [2.24, 2.45) is 0 Å². The van der Waals surface area contributed by atoms with Gasteiger partial charge in [-0.2, -0.15) is 0 Å². The molecule has 0 unspecified atom stereocenters. The Bertz CT molecular complexity index is 781. The molecule has 7 heteroatoms. The highest BCUT2D eigenvalue weighted by atomic mass is 79.9. The zero-order valence-corrected chi connectivity index (χ0v) is 15.3. The third-order valence-corrected chi connectivity index (χ3v) is 3.71. The van der Waals surface area contributed by atoms with Gasteiger partial charge in [-0.25, -0.2) is 9.18 Å². The van der Waals surface area contributed by atoms with Crippen molar-refractivity contribution < 1.29 is 23.5 Å². The van der Waals surface area contributed by atoms with Gasteiger partial charge >= 0.3 is 5.97 Å². The zero-order chi connectivity index (χ0) is 18.4. The van der Waals surface area contributed by atoms with Gasteiger partial charge in [0.15, 0.2) is 6.10 Å². The second-order valence-electron chi connectivity index (χ2n) is 5.12. The molecule has 0 saturated heterocycles. The smallest absolute Gasteiger partial charge is 0.338 e. The second kappa shape index (κ2) is 8.62. The summed E-state index contributed by atoms with van der Waals surface area (Å²) < 4.78 is 24.8. The maximum atomic E-state index is 13.8. The summed E-state index contributed by atoms with van der Waals surface area (Å²) in [5, 5.41) is 2.46. The van der Waals surface area contributed by atoms with Crippen molar-refractivity contribution in [3.63, 3.8) is 0 Å². The van der Waals surface area contributed by atoms with E-state index in [1.807, 2.05) is 0 Å². The molecule has 1 N–H and O–H groups in total. The first-order valence-corrected chi connectivity index (χ1v) is 8.39. The van der Waals surface area contributed by atoms with Crippen LogP contribution in [0, 0.1) is 5.82 Å². The van der Waals surface area contributed by atoms with Gasteiger partial charge in [0, 0.05) is 4.47 Å². The van der Waals surface area contributed by atoms with E-state index >= 15 is 0 Å². The molecule has 0 fully saturated rings. The van der Waals surface area contributed by atoms with Crippen molar-refractivity contribution in [1.29, 1.82) is 0 Å². The van der Waals surface area contributed by atoms with Crippen LogP contribution in [0.5, 0.6) is 5.75 Å². The molecule has 1 atom stereocenters. The predicted octanol–water partition coefficient (Wildman–Crippen LogP) is 4.17. The second-order valence-corrected chi connectivity index (χ2v) is 6.04. The van der Waals surface area contributed by atoms with Crippen LogP contribution in [0.25, 0.3) is 0 Å². The Morgan fingerprint density at radius 1 is 1.24 bits per heavy atom.